The molecule has 0 aliphatic heterocycles. The van der Waals surface area contributed by atoms with Crippen LogP contribution in [0, 0.1) is 0 Å². The monoisotopic (exact) mass is 103 g/mol. The van der Waals surface area contributed by atoms with Gasteiger partial charge in [-0.05, 0) is 11.3 Å². The zero-order valence-electron chi connectivity index (χ0n) is 2.75. The van der Waals surface area contributed by atoms with Gasteiger partial charge in [-0.1, -0.05) is 5.16 Å². The second-order valence-electron chi connectivity index (χ2n) is 0.670. The molecule has 0 aliphatic carbocycles. The van der Waals surface area contributed by atoms with E-state index in [0.29, 0.717) is 0 Å². The van der Waals surface area contributed by atoms with Crippen LogP contribution in [0.25, 0.3) is 0 Å². The lowest BCUT2D eigenvalue weighted by Crippen LogP contribution is -1.79. The minimum absolute atomic E-state index is 0.352. The first-order chi connectivity index (χ1) is 2.89. The lowest BCUT2D eigenvalue weighted by molar-refractivity contribution is 0.395. The fraction of sp³-hybridized carbons (Fsp3) is 0. The first-order valence-corrected chi connectivity index (χ1v) is 2.17. The molecule has 3 nitrogen and oxygen atoms in total. The maximum absolute atomic E-state index is 9.86. The molecule has 1 rings (SSSR count). The van der Waals surface area contributed by atoms with Crippen molar-refractivity contribution < 1.29 is 4.52 Å². The molecule has 0 fully saturated rings. The van der Waals surface area contributed by atoms with Crippen LogP contribution in [0.5, 0.6) is 0 Å². The Morgan fingerprint density at radius 1 is 2.00 bits per heavy atom. The van der Waals surface area contributed by atoms with Crippen LogP contribution in [0.3, 0.4) is 0 Å². The molecule has 0 aliphatic rings. The fourth-order valence-electron chi connectivity index (χ4n) is 0.151. The van der Waals surface area contributed by atoms with E-state index in [1.807, 2.05) is 0 Å². The summed E-state index contributed by atoms with van der Waals surface area (Å²) in [5.41, 5.74) is 1.35. The standard InChI is InChI=1S/C2HNO2S/c4-2-5-3-1-6-2/h1H. The van der Waals surface area contributed by atoms with Crippen LogP contribution in [-0.2, 0) is 0 Å². The normalized spacial score (nSPS) is 8.67. The van der Waals surface area contributed by atoms with Crippen molar-refractivity contribution in [1.82, 2.24) is 5.16 Å². The molecule has 0 saturated heterocycles. The molecule has 0 spiro atoms. The van der Waals surface area contributed by atoms with Crippen LogP contribution in [0.1, 0.15) is 0 Å². The van der Waals surface area contributed by atoms with Crippen molar-refractivity contribution in [2.45, 2.75) is 0 Å². The topological polar surface area (TPSA) is 43.1 Å². The molecule has 0 aromatic carbocycles. The van der Waals surface area contributed by atoms with E-state index in [0.717, 1.165) is 11.3 Å². The summed E-state index contributed by atoms with van der Waals surface area (Å²) in [6, 6.07) is 0. The third-order valence-electron chi connectivity index (χ3n) is 0.319. The Morgan fingerprint density at radius 2 is 2.83 bits per heavy atom. The molecule has 0 atom stereocenters. The van der Waals surface area contributed by atoms with E-state index in [1.54, 1.807) is 0 Å². The number of hydrogen-bond donors (Lipinski definition) is 0. The van der Waals surface area contributed by atoms with Crippen molar-refractivity contribution in [2.75, 3.05) is 0 Å². The van der Waals surface area contributed by atoms with Gasteiger partial charge in [-0.3, -0.25) is 0 Å². The molecule has 4 heteroatoms. The van der Waals surface area contributed by atoms with Crippen molar-refractivity contribution in [3.8, 4) is 0 Å². The van der Waals surface area contributed by atoms with Gasteiger partial charge in [0.1, 0.15) is 5.51 Å². The quantitative estimate of drug-likeness (QED) is 0.467. The van der Waals surface area contributed by atoms with Crippen molar-refractivity contribution in [3.63, 3.8) is 0 Å². The second-order valence-corrected chi connectivity index (χ2v) is 1.45. The summed E-state index contributed by atoms with van der Waals surface area (Å²) >= 11 is 0.944. The average Bonchev–Trinajstić information content (AvgIpc) is 1.86. The van der Waals surface area contributed by atoms with Gasteiger partial charge in [-0.2, -0.15) is 0 Å². The van der Waals surface area contributed by atoms with E-state index < -0.39 is 0 Å². The highest BCUT2D eigenvalue weighted by Gasteiger charge is 1.77. The summed E-state index contributed by atoms with van der Waals surface area (Å²) in [5, 5.41) is 3.15. The molecular formula is C2HNO2S. The van der Waals surface area contributed by atoms with Gasteiger partial charge in [0.2, 0.25) is 0 Å². The summed E-state index contributed by atoms with van der Waals surface area (Å²) in [7, 11) is 0. The highest BCUT2D eigenvalue weighted by atomic mass is 32.1. The van der Waals surface area contributed by atoms with Crippen LogP contribution in [0.4, 0.5) is 0 Å². The van der Waals surface area contributed by atoms with E-state index in [-0.39, 0.29) is 4.94 Å². The molecule has 0 bridgehead atoms. The Labute approximate surface area is 37.2 Å². The van der Waals surface area contributed by atoms with Crippen LogP contribution >= 0.6 is 11.3 Å². The van der Waals surface area contributed by atoms with Gasteiger partial charge in [0.15, 0.2) is 0 Å². The van der Waals surface area contributed by atoms with Gasteiger partial charge in [-0.15, -0.1) is 0 Å². The highest BCUT2D eigenvalue weighted by Crippen LogP contribution is 1.74. The molecule has 1 aromatic rings. The minimum Gasteiger partial charge on any atom is -0.303 e. The zero-order valence-corrected chi connectivity index (χ0v) is 3.57. The zero-order chi connectivity index (χ0) is 4.41. The van der Waals surface area contributed by atoms with Crippen molar-refractivity contribution in [3.05, 3.63) is 15.2 Å². The third-order valence-corrected chi connectivity index (χ3v) is 0.778. The predicted molar refractivity (Wildman–Crippen MR) is 20.6 cm³/mol. The Kier molecular flexibility index (Phi) is 0.719. The molecule has 0 unspecified atom stereocenters. The number of hydrogen-bond acceptors (Lipinski definition) is 4. The van der Waals surface area contributed by atoms with Crippen molar-refractivity contribution >= 4 is 11.3 Å². The summed E-state index contributed by atoms with van der Waals surface area (Å²) < 4.78 is 4.05. The van der Waals surface area contributed by atoms with Crippen molar-refractivity contribution in [2.24, 2.45) is 0 Å². The van der Waals surface area contributed by atoms with E-state index >= 15 is 0 Å². The molecule has 6 heavy (non-hydrogen) atoms. The van der Waals surface area contributed by atoms with Gasteiger partial charge in [0.05, 0.1) is 0 Å². The molecule has 1 aromatic heterocycles. The Bertz CT molecular complexity index is 149. The van der Waals surface area contributed by atoms with Crippen LogP contribution in [-0.4, -0.2) is 5.16 Å². The Hall–Kier alpha value is -0.640. The average molecular weight is 103 g/mol. The van der Waals surface area contributed by atoms with E-state index in [9.17, 15) is 4.79 Å². The molecule has 0 radical (unpaired) electrons. The van der Waals surface area contributed by atoms with Crippen molar-refractivity contribution in [1.29, 1.82) is 0 Å². The van der Waals surface area contributed by atoms with Gasteiger partial charge in [0, 0.05) is 0 Å². The fourth-order valence-corrected chi connectivity index (χ4v) is 0.409. The van der Waals surface area contributed by atoms with Gasteiger partial charge in [0.25, 0.3) is 0 Å². The van der Waals surface area contributed by atoms with E-state index in [4.69, 9.17) is 0 Å². The van der Waals surface area contributed by atoms with E-state index in [1.165, 1.54) is 5.51 Å². The molecule has 32 valence electrons. The maximum atomic E-state index is 9.86. The minimum atomic E-state index is -0.352. The Balaban J connectivity index is 3.41. The lowest BCUT2D eigenvalue weighted by atomic mass is 11.7. The number of aromatic nitrogens is 1. The number of rotatable bonds is 0. The maximum Gasteiger partial charge on any atom is 0.417 e. The molecule has 0 amide bonds. The third kappa shape index (κ3) is 0.463. The van der Waals surface area contributed by atoms with Crippen LogP contribution < -0.4 is 4.94 Å². The van der Waals surface area contributed by atoms with Gasteiger partial charge in [-0.25, -0.2) is 4.79 Å². The highest BCUT2D eigenvalue weighted by molar-refractivity contribution is 7.06. The summed E-state index contributed by atoms with van der Waals surface area (Å²) in [6.07, 6.45) is 0. The van der Waals surface area contributed by atoms with Crippen LogP contribution in [0.2, 0.25) is 0 Å². The molecule has 1 heterocycles. The van der Waals surface area contributed by atoms with E-state index in [2.05, 4.69) is 9.68 Å². The second kappa shape index (κ2) is 1.22. The molecule has 0 N–H and O–H groups in total. The molecular weight excluding hydrogens is 102 g/mol. The summed E-state index contributed by atoms with van der Waals surface area (Å²) in [6.45, 7) is 0. The predicted octanol–water partition coefficient (Wildman–Crippen LogP) is 0.0963. The molecule has 0 saturated carbocycles. The smallest absolute Gasteiger partial charge is 0.303 e. The lowest BCUT2D eigenvalue weighted by Gasteiger charge is -1.46. The largest absolute Gasteiger partial charge is 0.417 e. The van der Waals surface area contributed by atoms with Gasteiger partial charge < -0.3 is 4.52 Å². The SMILES string of the molecule is O=c1oncs1. The van der Waals surface area contributed by atoms with Crippen LogP contribution in [0.15, 0.2) is 14.8 Å². The summed E-state index contributed by atoms with van der Waals surface area (Å²) in [4.78, 5) is 9.51. The number of nitrogens with zero attached hydrogens (tertiary/aromatic N) is 1. The van der Waals surface area contributed by atoms with Gasteiger partial charge >= 0.3 is 4.94 Å². The first-order valence-electron chi connectivity index (χ1n) is 1.29. The summed E-state index contributed by atoms with van der Waals surface area (Å²) in [5.74, 6) is 0. The first kappa shape index (κ1) is 3.55. The Morgan fingerprint density at radius 3 is 3.00 bits per heavy atom.